The SMILES string of the molecule is O=C(O)c1ccc(Br)cc1N1CCCN2CCCC2C1. The highest BCUT2D eigenvalue weighted by molar-refractivity contribution is 9.10. The summed E-state index contributed by atoms with van der Waals surface area (Å²) in [5.41, 5.74) is 1.25. The summed E-state index contributed by atoms with van der Waals surface area (Å²) in [6.45, 7) is 4.21. The van der Waals surface area contributed by atoms with Crippen LogP contribution < -0.4 is 4.90 Å². The Kier molecular flexibility index (Phi) is 3.98. The molecule has 1 aromatic rings. The van der Waals surface area contributed by atoms with Crippen LogP contribution in [0.4, 0.5) is 5.69 Å². The van der Waals surface area contributed by atoms with E-state index in [0.717, 1.165) is 36.2 Å². The molecule has 0 aromatic heterocycles. The summed E-state index contributed by atoms with van der Waals surface area (Å²) in [5, 5.41) is 9.39. The Balaban J connectivity index is 1.91. The minimum absolute atomic E-state index is 0.402. The molecule has 20 heavy (non-hydrogen) atoms. The molecule has 0 amide bonds. The second-order valence-electron chi connectivity index (χ2n) is 5.60. The van der Waals surface area contributed by atoms with Gasteiger partial charge in [-0.3, -0.25) is 4.90 Å². The van der Waals surface area contributed by atoms with Crippen molar-refractivity contribution in [2.45, 2.75) is 25.3 Å². The van der Waals surface area contributed by atoms with Crippen molar-refractivity contribution in [1.29, 1.82) is 0 Å². The number of benzene rings is 1. The first-order chi connectivity index (χ1) is 9.65. The third-order valence-corrected chi connectivity index (χ3v) is 4.83. The molecule has 2 heterocycles. The number of hydrogen-bond acceptors (Lipinski definition) is 3. The smallest absolute Gasteiger partial charge is 0.337 e. The first-order valence-electron chi connectivity index (χ1n) is 7.17. The topological polar surface area (TPSA) is 43.8 Å². The van der Waals surface area contributed by atoms with E-state index in [2.05, 4.69) is 25.7 Å². The Bertz CT molecular complexity index is 521. The van der Waals surface area contributed by atoms with Crippen LogP contribution >= 0.6 is 15.9 Å². The van der Waals surface area contributed by atoms with E-state index in [1.165, 1.54) is 19.4 Å². The molecule has 2 aliphatic heterocycles. The van der Waals surface area contributed by atoms with E-state index in [1.54, 1.807) is 12.1 Å². The number of nitrogens with zero attached hydrogens (tertiary/aromatic N) is 2. The number of anilines is 1. The maximum atomic E-state index is 11.4. The Morgan fingerprint density at radius 1 is 1.25 bits per heavy atom. The van der Waals surface area contributed by atoms with Crippen LogP contribution in [0.15, 0.2) is 22.7 Å². The van der Waals surface area contributed by atoms with Crippen LogP contribution in [-0.2, 0) is 0 Å². The fraction of sp³-hybridized carbons (Fsp3) is 0.533. The molecular formula is C15H19BrN2O2. The fourth-order valence-electron chi connectivity index (χ4n) is 3.37. The summed E-state index contributed by atoms with van der Waals surface area (Å²) in [6, 6.07) is 6.01. The van der Waals surface area contributed by atoms with Gasteiger partial charge in [0.15, 0.2) is 0 Å². The van der Waals surface area contributed by atoms with Gasteiger partial charge in [-0.2, -0.15) is 0 Å². The summed E-state index contributed by atoms with van der Waals surface area (Å²) in [6.07, 6.45) is 3.59. The quantitative estimate of drug-likeness (QED) is 0.900. The lowest BCUT2D eigenvalue weighted by atomic mass is 10.1. The van der Waals surface area contributed by atoms with Crippen LogP contribution in [0.25, 0.3) is 0 Å². The van der Waals surface area contributed by atoms with E-state index in [-0.39, 0.29) is 0 Å². The Hall–Kier alpha value is -1.07. The number of rotatable bonds is 2. The molecule has 1 aromatic carbocycles. The number of hydrogen-bond donors (Lipinski definition) is 1. The summed E-state index contributed by atoms with van der Waals surface area (Å²) < 4.78 is 0.935. The van der Waals surface area contributed by atoms with E-state index in [1.807, 2.05) is 6.07 Å². The zero-order valence-electron chi connectivity index (χ0n) is 11.4. The van der Waals surface area contributed by atoms with E-state index in [4.69, 9.17) is 0 Å². The number of fused-ring (bicyclic) bond motifs is 1. The average Bonchev–Trinajstić information content (AvgIpc) is 2.75. The average molecular weight is 339 g/mol. The molecule has 2 aliphatic rings. The first-order valence-corrected chi connectivity index (χ1v) is 7.96. The zero-order chi connectivity index (χ0) is 14.1. The fourth-order valence-corrected chi connectivity index (χ4v) is 3.72. The molecule has 1 unspecified atom stereocenters. The Morgan fingerprint density at radius 2 is 2.05 bits per heavy atom. The standard InChI is InChI=1S/C15H19BrN2O2/c16-11-4-5-13(15(19)20)14(9-11)18-8-2-7-17-6-1-3-12(17)10-18/h4-5,9,12H,1-3,6-8,10H2,(H,19,20). The van der Waals surface area contributed by atoms with E-state index in [9.17, 15) is 9.90 Å². The van der Waals surface area contributed by atoms with Gasteiger partial charge in [-0.05, 0) is 44.0 Å². The van der Waals surface area contributed by atoms with E-state index in [0.29, 0.717) is 11.6 Å². The zero-order valence-corrected chi connectivity index (χ0v) is 13.0. The number of aromatic carboxylic acids is 1. The third-order valence-electron chi connectivity index (χ3n) is 4.33. The van der Waals surface area contributed by atoms with Gasteiger partial charge in [-0.15, -0.1) is 0 Å². The highest BCUT2D eigenvalue weighted by atomic mass is 79.9. The molecular weight excluding hydrogens is 320 g/mol. The summed E-state index contributed by atoms with van der Waals surface area (Å²) in [7, 11) is 0. The van der Waals surface area contributed by atoms with Gasteiger partial charge < -0.3 is 10.0 Å². The van der Waals surface area contributed by atoms with Crippen LogP contribution in [0.2, 0.25) is 0 Å². The number of carboxylic acids is 1. The molecule has 2 fully saturated rings. The minimum atomic E-state index is -0.847. The lowest BCUT2D eigenvalue weighted by Crippen LogP contribution is -2.37. The molecule has 0 radical (unpaired) electrons. The molecule has 108 valence electrons. The maximum absolute atomic E-state index is 11.4. The van der Waals surface area contributed by atoms with Crippen molar-refractivity contribution >= 4 is 27.6 Å². The predicted molar refractivity (Wildman–Crippen MR) is 82.5 cm³/mol. The first kappa shape index (κ1) is 13.9. The Labute approximate surface area is 127 Å². The monoisotopic (exact) mass is 338 g/mol. The molecule has 4 nitrogen and oxygen atoms in total. The Morgan fingerprint density at radius 3 is 2.85 bits per heavy atom. The van der Waals surface area contributed by atoms with Crippen molar-refractivity contribution in [2.75, 3.05) is 31.1 Å². The molecule has 0 saturated carbocycles. The highest BCUT2D eigenvalue weighted by Crippen LogP contribution is 2.29. The number of carboxylic acid groups (broad SMARTS) is 1. The second-order valence-corrected chi connectivity index (χ2v) is 6.51. The van der Waals surface area contributed by atoms with E-state index < -0.39 is 5.97 Å². The van der Waals surface area contributed by atoms with Crippen molar-refractivity contribution in [1.82, 2.24) is 4.90 Å². The van der Waals surface area contributed by atoms with E-state index >= 15 is 0 Å². The van der Waals surface area contributed by atoms with Gasteiger partial charge in [0.05, 0.1) is 11.3 Å². The molecule has 0 aliphatic carbocycles. The molecule has 0 bridgehead atoms. The summed E-state index contributed by atoms with van der Waals surface area (Å²) in [4.78, 5) is 16.2. The van der Waals surface area contributed by atoms with Gasteiger partial charge in [0, 0.05) is 30.1 Å². The van der Waals surface area contributed by atoms with Gasteiger partial charge in [0.1, 0.15) is 0 Å². The van der Waals surface area contributed by atoms with Gasteiger partial charge in [-0.1, -0.05) is 15.9 Å². The normalized spacial score (nSPS) is 23.4. The maximum Gasteiger partial charge on any atom is 0.337 e. The molecule has 1 N–H and O–H groups in total. The second kappa shape index (κ2) is 5.74. The molecule has 2 saturated heterocycles. The predicted octanol–water partition coefficient (Wildman–Crippen LogP) is 2.82. The van der Waals surface area contributed by atoms with Crippen molar-refractivity contribution in [3.8, 4) is 0 Å². The molecule has 5 heteroatoms. The summed E-state index contributed by atoms with van der Waals surface area (Å²) >= 11 is 3.46. The van der Waals surface area contributed by atoms with Crippen molar-refractivity contribution in [3.05, 3.63) is 28.2 Å². The number of halogens is 1. The van der Waals surface area contributed by atoms with Crippen molar-refractivity contribution in [2.24, 2.45) is 0 Å². The van der Waals surface area contributed by atoms with Gasteiger partial charge in [-0.25, -0.2) is 4.79 Å². The highest BCUT2D eigenvalue weighted by Gasteiger charge is 2.30. The van der Waals surface area contributed by atoms with Gasteiger partial charge >= 0.3 is 5.97 Å². The number of carbonyl (C=O) groups is 1. The largest absolute Gasteiger partial charge is 0.478 e. The van der Waals surface area contributed by atoms with Crippen LogP contribution in [0.1, 0.15) is 29.6 Å². The van der Waals surface area contributed by atoms with Crippen molar-refractivity contribution < 1.29 is 9.90 Å². The van der Waals surface area contributed by atoms with Crippen LogP contribution in [-0.4, -0.2) is 48.2 Å². The molecule has 1 atom stereocenters. The lowest BCUT2D eigenvalue weighted by molar-refractivity contribution is 0.0697. The van der Waals surface area contributed by atoms with Crippen LogP contribution in [0.5, 0.6) is 0 Å². The van der Waals surface area contributed by atoms with Crippen LogP contribution in [0, 0.1) is 0 Å². The van der Waals surface area contributed by atoms with Gasteiger partial charge in [0.2, 0.25) is 0 Å². The molecule has 3 rings (SSSR count). The van der Waals surface area contributed by atoms with Gasteiger partial charge in [0.25, 0.3) is 0 Å². The van der Waals surface area contributed by atoms with Crippen LogP contribution in [0.3, 0.4) is 0 Å². The summed E-state index contributed by atoms with van der Waals surface area (Å²) in [5.74, 6) is -0.847. The minimum Gasteiger partial charge on any atom is -0.478 e. The third kappa shape index (κ3) is 2.69. The lowest BCUT2D eigenvalue weighted by Gasteiger charge is -2.28. The molecule has 0 spiro atoms. The van der Waals surface area contributed by atoms with Crippen molar-refractivity contribution in [3.63, 3.8) is 0 Å².